The molecule has 0 saturated carbocycles. The van der Waals surface area contributed by atoms with Gasteiger partial charge in [-0.05, 0) is 43.2 Å². The van der Waals surface area contributed by atoms with Crippen LogP contribution in [0.4, 0.5) is 0 Å². The Kier molecular flexibility index (Phi) is 5.87. The van der Waals surface area contributed by atoms with E-state index in [-0.39, 0.29) is 17.7 Å². The number of carbonyl (C=O) groups is 2. The van der Waals surface area contributed by atoms with Crippen LogP contribution in [0, 0.1) is 0 Å². The molecule has 0 fully saturated rings. The number of nitrogens with zero attached hydrogens (tertiary/aromatic N) is 2. The summed E-state index contributed by atoms with van der Waals surface area (Å²) in [6, 6.07) is 14.9. The lowest BCUT2D eigenvalue weighted by Crippen LogP contribution is -2.39. The molecular formula is C24H20N2O5S. The van der Waals surface area contributed by atoms with Crippen LogP contribution < -0.4 is 14.9 Å². The van der Waals surface area contributed by atoms with E-state index in [1.807, 2.05) is 30.3 Å². The molecule has 8 heteroatoms. The van der Waals surface area contributed by atoms with E-state index >= 15 is 0 Å². The van der Waals surface area contributed by atoms with Crippen LogP contribution in [0.25, 0.3) is 6.08 Å². The van der Waals surface area contributed by atoms with Crippen molar-refractivity contribution in [1.82, 2.24) is 4.57 Å². The molecule has 0 spiro atoms. The van der Waals surface area contributed by atoms with Crippen molar-refractivity contribution >= 4 is 29.4 Å². The maximum Gasteiger partial charge on any atom is 0.338 e. The summed E-state index contributed by atoms with van der Waals surface area (Å²) in [5.74, 6) is -1.51. The van der Waals surface area contributed by atoms with E-state index in [4.69, 9.17) is 9.84 Å². The van der Waals surface area contributed by atoms with Gasteiger partial charge in [-0.3, -0.25) is 9.36 Å². The smallest absolute Gasteiger partial charge is 0.338 e. The molecule has 2 heterocycles. The summed E-state index contributed by atoms with van der Waals surface area (Å²) in [6.07, 6.45) is 1.70. The lowest BCUT2D eigenvalue weighted by molar-refractivity contribution is -0.139. The normalized spacial score (nSPS) is 15.8. The van der Waals surface area contributed by atoms with Gasteiger partial charge in [-0.25, -0.2) is 14.6 Å². The second-order valence-corrected chi connectivity index (χ2v) is 8.15. The second-order valence-electron chi connectivity index (χ2n) is 7.14. The van der Waals surface area contributed by atoms with Crippen LogP contribution in [0.1, 0.15) is 41.4 Å². The lowest BCUT2D eigenvalue weighted by atomic mass is 9.96. The number of ether oxygens (including phenoxy) is 1. The molecule has 2 aromatic carbocycles. The highest BCUT2D eigenvalue weighted by atomic mass is 32.1. The first-order chi connectivity index (χ1) is 15.4. The van der Waals surface area contributed by atoms with Gasteiger partial charge in [-0.15, -0.1) is 0 Å². The first-order valence-corrected chi connectivity index (χ1v) is 10.8. The van der Waals surface area contributed by atoms with Gasteiger partial charge in [-0.1, -0.05) is 53.8 Å². The number of carbonyl (C=O) groups excluding carboxylic acids is 1. The predicted molar refractivity (Wildman–Crippen MR) is 120 cm³/mol. The molecular weight excluding hydrogens is 428 g/mol. The molecule has 4 rings (SSSR count). The predicted octanol–water partition coefficient (Wildman–Crippen LogP) is 2.50. The third kappa shape index (κ3) is 3.92. The van der Waals surface area contributed by atoms with Crippen molar-refractivity contribution in [1.29, 1.82) is 0 Å². The van der Waals surface area contributed by atoms with Gasteiger partial charge in [0.05, 0.1) is 34.0 Å². The fraction of sp³-hybridized carbons (Fsp3) is 0.167. The quantitative estimate of drug-likeness (QED) is 0.605. The van der Waals surface area contributed by atoms with E-state index in [9.17, 15) is 14.4 Å². The summed E-state index contributed by atoms with van der Waals surface area (Å²) in [7, 11) is 0. The Morgan fingerprint density at radius 3 is 2.47 bits per heavy atom. The fourth-order valence-electron chi connectivity index (χ4n) is 3.62. The van der Waals surface area contributed by atoms with Crippen LogP contribution in [0.3, 0.4) is 0 Å². The number of esters is 1. The number of carboxylic acids is 1. The van der Waals surface area contributed by atoms with E-state index in [0.717, 1.165) is 5.56 Å². The van der Waals surface area contributed by atoms with E-state index in [1.54, 1.807) is 32.1 Å². The first kappa shape index (κ1) is 21.5. The van der Waals surface area contributed by atoms with Gasteiger partial charge in [0, 0.05) is 0 Å². The van der Waals surface area contributed by atoms with Gasteiger partial charge >= 0.3 is 11.9 Å². The molecule has 7 nitrogen and oxygen atoms in total. The Hall–Kier alpha value is -3.78. The van der Waals surface area contributed by atoms with E-state index in [1.165, 1.54) is 28.0 Å². The van der Waals surface area contributed by atoms with E-state index < -0.39 is 18.0 Å². The molecule has 3 aromatic rings. The molecule has 0 radical (unpaired) electrons. The standard InChI is InChI=1S/C24H20N2O5S/c1-3-31-23(30)19-14(2)25-24-26(20(19)16-7-5-4-6-8-16)21(27)18(32-24)13-15-9-11-17(12-10-15)22(28)29/h4-13,20H,3H2,1-2H3,(H,28,29)/b18-13-. The Balaban J connectivity index is 1.90. The van der Waals surface area contributed by atoms with Gasteiger partial charge in [0.1, 0.15) is 0 Å². The number of allylic oxidation sites excluding steroid dienone is 1. The molecule has 1 aliphatic rings. The average molecular weight is 449 g/mol. The van der Waals surface area contributed by atoms with Crippen molar-refractivity contribution in [3.05, 3.63) is 102 Å². The highest BCUT2D eigenvalue weighted by Gasteiger charge is 2.33. The minimum Gasteiger partial charge on any atom is -0.478 e. The SMILES string of the molecule is CCOC(=O)C1=C(C)N=c2s/c(=C\c3ccc(C(=O)O)cc3)c(=O)n2C1c1ccccc1. The average Bonchev–Trinajstić information content (AvgIpc) is 3.08. The van der Waals surface area contributed by atoms with Crippen molar-refractivity contribution in [3.63, 3.8) is 0 Å². The van der Waals surface area contributed by atoms with Crippen LogP contribution in [0.5, 0.6) is 0 Å². The molecule has 1 N–H and O–H groups in total. The topological polar surface area (TPSA) is 98.0 Å². The molecule has 0 aliphatic carbocycles. The highest BCUT2D eigenvalue weighted by molar-refractivity contribution is 7.07. The van der Waals surface area contributed by atoms with Crippen molar-refractivity contribution in [2.45, 2.75) is 19.9 Å². The number of aromatic carboxylic acids is 1. The lowest BCUT2D eigenvalue weighted by Gasteiger charge is -2.24. The van der Waals surface area contributed by atoms with Crippen LogP contribution >= 0.6 is 11.3 Å². The monoisotopic (exact) mass is 448 g/mol. The van der Waals surface area contributed by atoms with Gasteiger partial charge in [0.2, 0.25) is 0 Å². The number of thiazole rings is 1. The minimum absolute atomic E-state index is 0.169. The maximum absolute atomic E-state index is 13.4. The zero-order valence-electron chi connectivity index (χ0n) is 17.4. The minimum atomic E-state index is -1.01. The zero-order chi connectivity index (χ0) is 22.8. The molecule has 1 unspecified atom stereocenters. The second kappa shape index (κ2) is 8.76. The molecule has 1 atom stereocenters. The van der Waals surface area contributed by atoms with Crippen LogP contribution in [-0.2, 0) is 9.53 Å². The Bertz CT molecular complexity index is 1400. The van der Waals surface area contributed by atoms with Crippen molar-refractivity contribution in [3.8, 4) is 0 Å². The van der Waals surface area contributed by atoms with Crippen molar-refractivity contribution in [2.24, 2.45) is 4.99 Å². The summed E-state index contributed by atoms with van der Waals surface area (Å²) in [5, 5.41) is 9.07. The summed E-state index contributed by atoms with van der Waals surface area (Å²) >= 11 is 1.22. The summed E-state index contributed by atoms with van der Waals surface area (Å²) in [5.41, 5.74) is 2.21. The third-order valence-electron chi connectivity index (χ3n) is 5.09. The highest BCUT2D eigenvalue weighted by Crippen LogP contribution is 2.30. The van der Waals surface area contributed by atoms with E-state index in [2.05, 4.69) is 4.99 Å². The summed E-state index contributed by atoms with van der Waals surface area (Å²) < 4.78 is 7.23. The zero-order valence-corrected chi connectivity index (χ0v) is 18.3. The number of carboxylic acid groups (broad SMARTS) is 1. The maximum atomic E-state index is 13.4. The molecule has 0 saturated heterocycles. The van der Waals surface area contributed by atoms with Crippen LogP contribution in [0.2, 0.25) is 0 Å². The van der Waals surface area contributed by atoms with Crippen molar-refractivity contribution < 1.29 is 19.4 Å². The Morgan fingerprint density at radius 2 is 1.84 bits per heavy atom. The first-order valence-electron chi connectivity index (χ1n) is 9.98. The Labute approximate surface area is 187 Å². The number of hydrogen-bond donors (Lipinski definition) is 1. The number of hydrogen-bond acceptors (Lipinski definition) is 6. The fourth-order valence-corrected chi connectivity index (χ4v) is 4.66. The van der Waals surface area contributed by atoms with Gasteiger partial charge < -0.3 is 9.84 Å². The number of fused-ring (bicyclic) bond motifs is 1. The van der Waals surface area contributed by atoms with Gasteiger partial charge in [0.25, 0.3) is 5.56 Å². The molecule has 1 aliphatic heterocycles. The number of aromatic nitrogens is 1. The third-order valence-corrected chi connectivity index (χ3v) is 6.07. The Morgan fingerprint density at radius 1 is 1.16 bits per heavy atom. The molecule has 32 heavy (non-hydrogen) atoms. The van der Waals surface area contributed by atoms with Crippen molar-refractivity contribution in [2.75, 3.05) is 6.61 Å². The molecule has 0 bridgehead atoms. The molecule has 0 amide bonds. The number of rotatable bonds is 5. The largest absolute Gasteiger partial charge is 0.478 e. The summed E-state index contributed by atoms with van der Waals surface area (Å²) in [4.78, 5) is 42.3. The molecule has 1 aromatic heterocycles. The van der Waals surface area contributed by atoms with E-state index in [0.29, 0.717) is 26.2 Å². The van der Waals surface area contributed by atoms with Gasteiger partial charge in [-0.2, -0.15) is 0 Å². The van der Waals surface area contributed by atoms with Crippen LogP contribution in [-0.4, -0.2) is 28.2 Å². The summed E-state index contributed by atoms with van der Waals surface area (Å²) in [6.45, 7) is 3.69. The van der Waals surface area contributed by atoms with Crippen LogP contribution in [0.15, 0.2) is 75.7 Å². The number of benzene rings is 2. The van der Waals surface area contributed by atoms with Gasteiger partial charge in [0.15, 0.2) is 4.80 Å². The molecule has 162 valence electrons.